The van der Waals surface area contributed by atoms with Gasteiger partial charge in [-0.2, -0.15) is 0 Å². The second kappa shape index (κ2) is 5.88. The number of hydrogen-bond acceptors (Lipinski definition) is 3. The molecule has 0 aliphatic carbocycles. The summed E-state index contributed by atoms with van der Waals surface area (Å²) in [5.74, 6) is 0.968. The molecule has 0 aromatic carbocycles. The van der Waals surface area contributed by atoms with Crippen LogP contribution in [0, 0.1) is 5.92 Å². The van der Waals surface area contributed by atoms with E-state index in [1.54, 1.807) is 6.07 Å². The van der Waals surface area contributed by atoms with Crippen molar-refractivity contribution < 1.29 is 34.7 Å². The van der Waals surface area contributed by atoms with Gasteiger partial charge in [-0.3, -0.25) is 4.79 Å². The van der Waals surface area contributed by atoms with Gasteiger partial charge < -0.3 is 14.6 Å². The van der Waals surface area contributed by atoms with Crippen LogP contribution in [0.25, 0.3) is 0 Å². The average Bonchev–Trinajstić information content (AvgIpc) is 2.31. The zero-order valence-electron chi connectivity index (χ0n) is 10.8. The fourth-order valence-corrected chi connectivity index (χ4v) is 3.31. The first kappa shape index (κ1) is 14.3. The van der Waals surface area contributed by atoms with Crippen LogP contribution in [0.2, 0.25) is 0 Å². The Morgan fingerprint density at radius 2 is 2.11 bits per heavy atom. The summed E-state index contributed by atoms with van der Waals surface area (Å²) in [5, 5.41) is 10.7. The van der Waals surface area contributed by atoms with E-state index in [4.69, 9.17) is 0 Å². The summed E-state index contributed by atoms with van der Waals surface area (Å²) in [6.45, 7) is 3.34. The molecule has 2 atom stereocenters. The van der Waals surface area contributed by atoms with E-state index in [1.165, 1.54) is 6.42 Å². The van der Waals surface area contributed by atoms with Crippen molar-refractivity contribution in [3.8, 4) is 0 Å². The van der Waals surface area contributed by atoms with Crippen molar-refractivity contribution in [3.63, 3.8) is 0 Å². The minimum absolute atomic E-state index is 0. The van der Waals surface area contributed by atoms with Crippen LogP contribution < -0.4 is 40.2 Å². The Labute approximate surface area is 129 Å². The summed E-state index contributed by atoms with van der Waals surface area (Å²) < 4.78 is 1.92. The molecule has 1 saturated heterocycles. The minimum atomic E-state index is -0.0268. The normalized spacial score (nSPS) is 26.3. The van der Waals surface area contributed by atoms with Crippen LogP contribution in [-0.4, -0.2) is 35.7 Å². The molecule has 4 nitrogen and oxygen atoms in total. The second-order valence-corrected chi connectivity index (χ2v) is 5.16. The third kappa shape index (κ3) is 2.58. The Morgan fingerprint density at radius 3 is 2.89 bits per heavy atom. The van der Waals surface area contributed by atoms with Gasteiger partial charge in [0, 0.05) is 37.3 Å². The molecule has 92 valence electrons. The predicted octanol–water partition coefficient (Wildman–Crippen LogP) is -3.37. The van der Waals surface area contributed by atoms with Crippen molar-refractivity contribution in [3.05, 3.63) is 34.2 Å². The van der Waals surface area contributed by atoms with Gasteiger partial charge in [0.2, 0.25) is 0 Å². The van der Waals surface area contributed by atoms with Crippen molar-refractivity contribution in [2.75, 3.05) is 26.2 Å². The molecule has 1 fully saturated rings. The number of aromatic nitrogens is 1. The third-order valence-electron chi connectivity index (χ3n) is 3.96. The van der Waals surface area contributed by atoms with Gasteiger partial charge in [0.15, 0.2) is 0 Å². The van der Waals surface area contributed by atoms with Gasteiger partial charge in [-0.15, -0.1) is 6.61 Å². The fourth-order valence-electron chi connectivity index (χ4n) is 3.31. The van der Waals surface area contributed by atoms with Crippen molar-refractivity contribution in [1.82, 2.24) is 9.47 Å². The van der Waals surface area contributed by atoms with Gasteiger partial charge in [0.05, 0.1) is 0 Å². The van der Waals surface area contributed by atoms with Gasteiger partial charge >= 0.3 is 29.6 Å². The SMILES string of the molecule is O=c1cccc2n1CC1CC2CN(CC[O-])C1.[Na+]. The summed E-state index contributed by atoms with van der Waals surface area (Å²) in [7, 11) is 0. The maximum atomic E-state index is 11.8. The van der Waals surface area contributed by atoms with E-state index in [-0.39, 0.29) is 41.7 Å². The van der Waals surface area contributed by atoms with Gasteiger partial charge in [-0.05, 0) is 24.9 Å². The van der Waals surface area contributed by atoms with Crippen LogP contribution in [-0.2, 0) is 6.54 Å². The molecule has 1 aromatic rings. The molecule has 0 amide bonds. The van der Waals surface area contributed by atoms with E-state index in [0.717, 1.165) is 25.3 Å². The molecule has 0 spiro atoms. The molecule has 2 unspecified atom stereocenters. The van der Waals surface area contributed by atoms with Gasteiger partial charge in [-0.1, -0.05) is 6.07 Å². The molecule has 0 N–H and O–H groups in total. The number of fused-ring (bicyclic) bond motifs is 4. The summed E-state index contributed by atoms with van der Waals surface area (Å²) in [4.78, 5) is 14.1. The molecule has 5 heteroatoms. The van der Waals surface area contributed by atoms with Gasteiger partial charge in [0.25, 0.3) is 5.56 Å². The van der Waals surface area contributed by atoms with E-state index >= 15 is 0 Å². The number of hydrogen-bond donors (Lipinski definition) is 0. The van der Waals surface area contributed by atoms with Gasteiger partial charge in [0.1, 0.15) is 0 Å². The maximum absolute atomic E-state index is 11.8. The molecular formula is C13H17N2NaO2. The Bertz CT molecular complexity index is 474. The minimum Gasteiger partial charge on any atom is -0.854 e. The molecule has 1 aromatic heterocycles. The summed E-state index contributed by atoms with van der Waals surface area (Å²) in [5.41, 5.74) is 1.28. The van der Waals surface area contributed by atoms with Crippen LogP contribution >= 0.6 is 0 Å². The topological polar surface area (TPSA) is 48.3 Å². The van der Waals surface area contributed by atoms with Crippen molar-refractivity contribution >= 4 is 0 Å². The number of pyridine rings is 1. The molecule has 3 heterocycles. The first-order valence-corrected chi connectivity index (χ1v) is 6.28. The molecule has 0 saturated carbocycles. The van der Waals surface area contributed by atoms with Crippen LogP contribution in [0.3, 0.4) is 0 Å². The number of rotatable bonds is 2. The number of piperidine rings is 1. The predicted molar refractivity (Wildman–Crippen MR) is 62.9 cm³/mol. The molecule has 2 bridgehead atoms. The molecule has 0 radical (unpaired) electrons. The Morgan fingerprint density at radius 1 is 1.28 bits per heavy atom. The first-order valence-electron chi connectivity index (χ1n) is 6.28. The fraction of sp³-hybridized carbons (Fsp3) is 0.615. The Balaban J connectivity index is 0.00000120. The smallest absolute Gasteiger partial charge is 0.854 e. The monoisotopic (exact) mass is 256 g/mol. The quantitative estimate of drug-likeness (QED) is 0.519. The van der Waals surface area contributed by atoms with E-state index in [9.17, 15) is 9.90 Å². The van der Waals surface area contributed by atoms with Crippen molar-refractivity contribution in [2.24, 2.45) is 5.92 Å². The van der Waals surface area contributed by atoms with Crippen LogP contribution in [0.4, 0.5) is 0 Å². The van der Waals surface area contributed by atoms with Crippen LogP contribution in [0.5, 0.6) is 0 Å². The standard InChI is InChI=1S/C13H17N2O2.Na/c16-5-4-14-7-10-6-11(9-14)12-2-1-3-13(17)15(12)8-10;/h1-3,10-11H,4-9H2;/q-1;+1. The molecular weight excluding hydrogens is 239 g/mol. The van der Waals surface area contributed by atoms with E-state index in [0.29, 0.717) is 18.4 Å². The Kier molecular flexibility index (Phi) is 4.67. The van der Waals surface area contributed by atoms with Crippen molar-refractivity contribution in [2.45, 2.75) is 18.9 Å². The summed E-state index contributed by atoms with van der Waals surface area (Å²) in [6.07, 6.45) is 1.17. The first-order chi connectivity index (χ1) is 8.28. The second-order valence-electron chi connectivity index (χ2n) is 5.16. The maximum Gasteiger partial charge on any atom is 1.00 e. The largest absolute Gasteiger partial charge is 1.00 e. The Hall–Kier alpha value is -0.130. The van der Waals surface area contributed by atoms with Crippen LogP contribution in [0.15, 0.2) is 23.0 Å². The van der Waals surface area contributed by atoms with Gasteiger partial charge in [-0.25, -0.2) is 0 Å². The van der Waals surface area contributed by atoms with E-state index in [1.807, 2.05) is 10.6 Å². The zero-order valence-corrected chi connectivity index (χ0v) is 12.8. The van der Waals surface area contributed by atoms with Crippen LogP contribution in [0.1, 0.15) is 18.0 Å². The van der Waals surface area contributed by atoms with Crippen molar-refractivity contribution in [1.29, 1.82) is 0 Å². The molecule has 2 aliphatic heterocycles. The summed E-state index contributed by atoms with van der Waals surface area (Å²) in [6, 6.07) is 5.55. The molecule has 18 heavy (non-hydrogen) atoms. The number of nitrogens with zero attached hydrogens (tertiary/aromatic N) is 2. The molecule has 3 rings (SSSR count). The van der Waals surface area contributed by atoms with E-state index in [2.05, 4.69) is 11.0 Å². The molecule has 2 aliphatic rings. The third-order valence-corrected chi connectivity index (χ3v) is 3.96. The van der Waals surface area contributed by atoms with E-state index < -0.39 is 0 Å². The number of likely N-dealkylation sites (tertiary alicyclic amines) is 1. The average molecular weight is 256 g/mol. The summed E-state index contributed by atoms with van der Waals surface area (Å²) >= 11 is 0. The zero-order chi connectivity index (χ0) is 11.8.